The van der Waals surface area contributed by atoms with Gasteiger partial charge in [-0.15, -0.1) is 0 Å². The van der Waals surface area contributed by atoms with Crippen LogP contribution in [0.2, 0.25) is 10.0 Å². The summed E-state index contributed by atoms with van der Waals surface area (Å²) < 4.78 is 52.4. The largest absolute Gasteiger partial charge is 0.462 e. The molecule has 0 aliphatic carbocycles. The number of halogens is 5. The average Bonchev–Trinajstić information content (AvgIpc) is 3.07. The van der Waals surface area contributed by atoms with Gasteiger partial charge < -0.3 is 9.47 Å². The van der Waals surface area contributed by atoms with Crippen molar-refractivity contribution in [2.45, 2.75) is 25.6 Å². The molecule has 1 aliphatic rings. The Morgan fingerprint density at radius 2 is 1.90 bits per heavy atom. The molecule has 0 fully saturated rings. The van der Waals surface area contributed by atoms with Crippen LogP contribution in [-0.2, 0) is 15.1 Å². The Hall–Kier alpha value is -2.09. The highest BCUT2D eigenvalue weighted by Gasteiger charge is 2.58. The van der Waals surface area contributed by atoms with Crippen LogP contribution < -0.4 is 0 Å². The van der Waals surface area contributed by atoms with E-state index >= 15 is 0 Å². The highest BCUT2D eigenvalue weighted by molar-refractivity contribution is 6.34. The van der Waals surface area contributed by atoms with Crippen molar-refractivity contribution in [1.82, 2.24) is 4.98 Å². The van der Waals surface area contributed by atoms with Gasteiger partial charge in [0.05, 0.1) is 30.2 Å². The number of nitrogens with zero attached hydrogens (tertiary/aromatic N) is 1. The second kappa shape index (κ2) is 7.97. The highest BCUT2D eigenvalue weighted by atomic mass is 35.5. The van der Waals surface area contributed by atoms with E-state index in [0.717, 1.165) is 6.08 Å². The van der Waals surface area contributed by atoms with Crippen LogP contribution in [-0.4, -0.2) is 30.3 Å². The SMILES string of the molecule is CCOC(=O)c1ccc(C2=CC(c3cc(Cl)cc(Cl)c3)(C(F)(F)F)OC2)nc1C. The summed E-state index contributed by atoms with van der Waals surface area (Å²) >= 11 is 11.8. The van der Waals surface area contributed by atoms with Gasteiger partial charge in [-0.1, -0.05) is 23.2 Å². The first-order valence-electron chi connectivity index (χ1n) is 8.61. The summed E-state index contributed by atoms with van der Waals surface area (Å²) in [5.41, 5.74) is -1.83. The van der Waals surface area contributed by atoms with Crippen molar-refractivity contribution in [3.63, 3.8) is 0 Å². The van der Waals surface area contributed by atoms with Crippen molar-refractivity contribution in [2.24, 2.45) is 0 Å². The number of alkyl halides is 3. The van der Waals surface area contributed by atoms with Gasteiger partial charge in [-0.2, -0.15) is 13.2 Å². The molecule has 0 saturated carbocycles. The summed E-state index contributed by atoms with van der Waals surface area (Å²) in [5, 5.41) is 0.128. The molecule has 0 radical (unpaired) electrons. The molecule has 1 aliphatic heterocycles. The maximum Gasteiger partial charge on any atom is 0.425 e. The summed E-state index contributed by atoms with van der Waals surface area (Å²) in [4.78, 5) is 16.2. The lowest BCUT2D eigenvalue weighted by atomic mass is 9.91. The third kappa shape index (κ3) is 4.13. The molecule has 0 bridgehead atoms. The van der Waals surface area contributed by atoms with Crippen LogP contribution >= 0.6 is 23.2 Å². The number of pyridine rings is 1. The zero-order chi connectivity index (χ0) is 21.4. The van der Waals surface area contributed by atoms with Gasteiger partial charge in [-0.05, 0) is 55.8 Å². The molecule has 0 spiro atoms. The molecule has 3 rings (SSSR count). The van der Waals surface area contributed by atoms with Crippen LogP contribution in [0.3, 0.4) is 0 Å². The monoisotopic (exact) mass is 445 g/mol. The summed E-state index contributed by atoms with van der Waals surface area (Å²) in [6.45, 7) is 3.14. The number of hydrogen-bond donors (Lipinski definition) is 0. The molecular formula is C20H16Cl2F3NO3. The standard InChI is InChI=1S/C20H16Cl2F3NO3/c1-3-28-18(27)16-4-5-17(26-11(16)2)12-9-19(29-10-12,20(23,24)25)13-6-14(21)8-15(22)7-13/h4-9H,3,10H2,1-2H3. The third-order valence-corrected chi connectivity index (χ3v) is 4.89. The minimum atomic E-state index is -4.76. The van der Waals surface area contributed by atoms with E-state index in [4.69, 9.17) is 32.7 Å². The molecule has 2 aromatic rings. The predicted molar refractivity (Wildman–Crippen MR) is 103 cm³/mol. The molecule has 29 heavy (non-hydrogen) atoms. The summed E-state index contributed by atoms with van der Waals surface area (Å²) in [5.74, 6) is -0.543. The van der Waals surface area contributed by atoms with Crippen LogP contribution in [0, 0.1) is 6.92 Å². The quantitative estimate of drug-likeness (QED) is 0.562. The van der Waals surface area contributed by atoms with E-state index in [1.807, 2.05) is 0 Å². The van der Waals surface area contributed by atoms with Crippen LogP contribution in [0.15, 0.2) is 36.4 Å². The van der Waals surface area contributed by atoms with Crippen molar-refractivity contribution < 1.29 is 27.4 Å². The topological polar surface area (TPSA) is 48.4 Å². The number of rotatable bonds is 4. The lowest BCUT2D eigenvalue weighted by Crippen LogP contribution is -2.41. The first-order chi connectivity index (χ1) is 13.6. The summed E-state index contributed by atoms with van der Waals surface area (Å²) in [6, 6.07) is 6.62. The Morgan fingerprint density at radius 1 is 1.24 bits per heavy atom. The molecule has 154 valence electrons. The molecule has 1 atom stereocenters. The number of carbonyl (C=O) groups excluding carboxylic acids is 1. The Kier molecular flexibility index (Phi) is 5.94. The summed E-state index contributed by atoms with van der Waals surface area (Å²) in [7, 11) is 0. The lowest BCUT2D eigenvalue weighted by Gasteiger charge is -2.30. The lowest BCUT2D eigenvalue weighted by molar-refractivity contribution is -0.254. The molecule has 0 saturated heterocycles. The van der Waals surface area contributed by atoms with Crippen LogP contribution in [0.5, 0.6) is 0 Å². The van der Waals surface area contributed by atoms with Crippen molar-refractivity contribution in [3.05, 3.63) is 69.0 Å². The number of carbonyl (C=O) groups is 1. The first kappa shape index (κ1) is 21.6. The minimum Gasteiger partial charge on any atom is -0.462 e. The van der Waals surface area contributed by atoms with E-state index in [9.17, 15) is 18.0 Å². The zero-order valence-corrected chi connectivity index (χ0v) is 17.0. The van der Waals surface area contributed by atoms with Crippen LogP contribution in [0.25, 0.3) is 5.57 Å². The number of hydrogen-bond acceptors (Lipinski definition) is 4. The minimum absolute atomic E-state index is 0.0642. The highest BCUT2D eigenvalue weighted by Crippen LogP contribution is 2.49. The molecule has 1 aromatic heterocycles. The van der Waals surface area contributed by atoms with E-state index in [0.29, 0.717) is 5.69 Å². The maximum absolute atomic E-state index is 14.1. The Labute approximate surface area is 175 Å². The van der Waals surface area contributed by atoms with Gasteiger partial charge >= 0.3 is 12.1 Å². The number of aromatic nitrogens is 1. The van der Waals surface area contributed by atoms with E-state index < -0.39 is 17.7 Å². The van der Waals surface area contributed by atoms with Crippen molar-refractivity contribution >= 4 is 34.7 Å². The summed E-state index contributed by atoms with van der Waals surface area (Å²) in [6.07, 6.45) is -3.79. The Bertz CT molecular complexity index is 971. The fraction of sp³-hybridized carbons (Fsp3) is 0.300. The number of benzene rings is 1. The van der Waals surface area contributed by atoms with Gasteiger partial charge in [0.25, 0.3) is 0 Å². The average molecular weight is 446 g/mol. The van der Waals surface area contributed by atoms with Crippen LogP contribution in [0.1, 0.15) is 34.2 Å². The van der Waals surface area contributed by atoms with E-state index in [1.165, 1.54) is 30.3 Å². The van der Waals surface area contributed by atoms with Gasteiger partial charge in [0, 0.05) is 15.6 Å². The van der Waals surface area contributed by atoms with Gasteiger partial charge in [-0.25, -0.2) is 4.79 Å². The van der Waals surface area contributed by atoms with Gasteiger partial charge in [0.15, 0.2) is 0 Å². The van der Waals surface area contributed by atoms with E-state index in [-0.39, 0.29) is 45.7 Å². The van der Waals surface area contributed by atoms with Gasteiger partial charge in [0.2, 0.25) is 5.60 Å². The van der Waals surface area contributed by atoms with Gasteiger partial charge in [0.1, 0.15) is 0 Å². The molecule has 0 amide bonds. The zero-order valence-electron chi connectivity index (χ0n) is 15.4. The fourth-order valence-corrected chi connectivity index (χ4v) is 3.62. The van der Waals surface area contributed by atoms with Crippen LogP contribution in [0.4, 0.5) is 13.2 Å². The second-order valence-corrected chi connectivity index (χ2v) is 7.27. The molecular weight excluding hydrogens is 430 g/mol. The molecule has 2 heterocycles. The fourth-order valence-electron chi connectivity index (χ4n) is 3.09. The first-order valence-corrected chi connectivity index (χ1v) is 9.37. The smallest absolute Gasteiger partial charge is 0.425 e. The molecule has 4 nitrogen and oxygen atoms in total. The van der Waals surface area contributed by atoms with E-state index in [2.05, 4.69) is 4.98 Å². The van der Waals surface area contributed by atoms with Crippen molar-refractivity contribution in [1.29, 1.82) is 0 Å². The molecule has 9 heteroatoms. The van der Waals surface area contributed by atoms with Crippen molar-refractivity contribution in [2.75, 3.05) is 13.2 Å². The second-order valence-electron chi connectivity index (χ2n) is 6.40. The number of ether oxygens (including phenoxy) is 2. The Balaban J connectivity index is 2.06. The number of esters is 1. The molecule has 1 aromatic carbocycles. The molecule has 0 N–H and O–H groups in total. The van der Waals surface area contributed by atoms with Crippen molar-refractivity contribution in [3.8, 4) is 0 Å². The molecule has 1 unspecified atom stereocenters. The Morgan fingerprint density at radius 3 is 2.45 bits per heavy atom. The van der Waals surface area contributed by atoms with Gasteiger partial charge in [-0.3, -0.25) is 4.98 Å². The normalized spacial score (nSPS) is 19.2. The maximum atomic E-state index is 14.1. The van der Waals surface area contributed by atoms with E-state index in [1.54, 1.807) is 13.8 Å². The number of aryl methyl sites for hydroxylation is 1. The predicted octanol–water partition coefficient (Wildman–Crippen LogP) is 5.74. The third-order valence-electron chi connectivity index (χ3n) is 4.46.